The van der Waals surface area contributed by atoms with Crippen LogP contribution in [0, 0.1) is 18.3 Å². The molecule has 24 heavy (non-hydrogen) atoms. The lowest BCUT2D eigenvalue weighted by atomic mass is 9.57. The zero-order valence-electron chi connectivity index (χ0n) is 13.9. The van der Waals surface area contributed by atoms with Gasteiger partial charge >= 0.3 is 12.6 Å². The summed E-state index contributed by atoms with van der Waals surface area (Å²) >= 11 is 0. The molecule has 2 fully saturated rings. The van der Waals surface area contributed by atoms with Crippen LogP contribution in [0.5, 0.6) is 5.75 Å². The highest BCUT2D eigenvalue weighted by Gasteiger charge is 2.59. The van der Waals surface area contributed by atoms with Crippen molar-refractivity contribution in [2.45, 2.75) is 45.9 Å². The van der Waals surface area contributed by atoms with Crippen LogP contribution >= 0.6 is 0 Å². The van der Waals surface area contributed by atoms with Crippen molar-refractivity contribution in [3.05, 3.63) is 23.8 Å². The second-order valence-electron chi connectivity index (χ2n) is 6.95. The van der Waals surface area contributed by atoms with E-state index in [0.29, 0.717) is 17.2 Å². The SMILES string of the molecule is Cc1c(NC(=O)NC2C3CCOC3C2(C)C)cccc1OC(F)F. The summed E-state index contributed by atoms with van der Waals surface area (Å²) in [5.74, 6) is 0.386. The molecule has 2 aliphatic rings. The predicted molar refractivity (Wildman–Crippen MR) is 85.4 cm³/mol. The third-order valence-electron chi connectivity index (χ3n) is 5.14. The van der Waals surface area contributed by atoms with Crippen LogP contribution in [-0.4, -0.2) is 31.4 Å². The Morgan fingerprint density at radius 3 is 2.88 bits per heavy atom. The van der Waals surface area contributed by atoms with E-state index >= 15 is 0 Å². The maximum Gasteiger partial charge on any atom is 0.387 e. The molecule has 0 spiro atoms. The molecule has 3 rings (SSSR count). The highest BCUT2D eigenvalue weighted by atomic mass is 19.3. The van der Waals surface area contributed by atoms with Crippen molar-refractivity contribution in [3.63, 3.8) is 0 Å². The summed E-state index contributed by atoms with van der Waals surface area (Å²) in [6, 6.07) is 4.34. The Morgan fingerprint density at radius 1 is 1.42 bits per heavy atom. The number of alkyl halides is 2. The van der Waals surface area contributed by atoms with E-state index in [1.165, 1.54) is 6.07 Å². The van der Waals surface area contributed by atoms with Gasteiger partial charge in [-0.1, -0.05) is 19.9 Å². The minimum absolute atomic E-state index is 0.0332. The van der Waals surface area contributed by atoms with Gasteiger partial charge < -0.3 is 20.1 Å². The van der Waals surface area contributed by atoms with Gasteiger partial charge in [0.15, 0.2) is 0 Å². The third kappa shape index (κ3) is 2.92. The molecule has 1 saturated carbocycles. The summed E-state index contributed by atoms with van der Waals surface area (Å²) in [4.78, 5) is 12.3. The van der Waals surface area contributed by atoms with Crippen LogP contribution < -0.4 is 15.4 Å². The van der Waals surface area contributed by atoms with Gasteiger partial charge in [-0.15, -0.1) is 0 Å². The Hall–Kier alpha value is -1.89. The lowest BCUT2D eigenvalue weighted by Crippen LogP contribution is -2.67. The van der Waals surface area contributed by atoms with Gasteiger partial charge in [0.1, 0.15) is 5.75 Å². The summed E-state index contributed by atoms with van der Waals surface area (Å²) in [6.07, 6.45) is 1.13. The number of amides is 2. The fourth-order valence-corrected chi connectivity index (χ4v) is 3.89. The highest BCUT2D eigenvalue weighted by molar-refractivity contribution is 5.90. The van der Waals surface area contributed by atoms with Crippen molar-refractivity contribution in [1.82, 2.24) is 5.32 Å². The van der Waals surface area contributed by atoms with Gasteiger partial charge in [0.25, 0.3) is 0 Å². The number of rotatable bonds is 4. The van der Waals surface area contributed by atoms with Crippen LogP contribution in [0.3, 0.4) is 0 Å². The van der Waals surface area contributed by atoms with Gasteiger partial charge in [0.2, 0.25) is 0 Å². The van der Waals surface area contributed by atoms with E-state index in [0.717, 1.165) is 13.0 Å². The first kappa shape index (κ1) is 17.0. The first-order valence-corrected chi connectivity index (χ1v) is 8.04. The molecule has 3 atom stereocenters. The van der Waals surface area contributed by atoms with E-state index < -0.39 is 6.61 Å². The number of halogens is 2. The van der Waals surface area contributed by atoms with Crippen LogP contribution in [0.1, 0.15) is 25.8 Å². The van der Waals surface area contributed by atoms with E-state index in [-0.39, 0.29) is 29.3 Å². The Balaban J connectivity index is 1.65. The second kappa shape index (κ2) is 6.20. The van der Waals surface area contributed by atoms with Crippen molar-refractivity contribution in [2.24, 2.45) is 11.3 Å². The van der Waals surface area contributed by atoms with Gasteiger partial charge in [-0.25, -0.2) is 4.79 Å². The van der Waals surface area contributed by atoms with Gasteiger partial charge in [-0.3, -0.25) is 0 Å². The molecule has 1 aliphatic carbocycles. The maximum absolute atomic E-state index is 12.4. The van der Waals surface area contributed by atoms with Crippen LogP contribution in [0.2, 0.25) is 0 Å². The molecule has 0 bridgehead atoms. The summed E-state index contributed by atoms with van der Waals surface area (Å²) in [7, 11) is 0. The molecule has 0 aromatic heterocycles. The van der Waals surface area contributed by atoms with Crippen molar-refractivity contribution in [3.8, 4) is 5.75 Å². The Morgan fingerprint density at radius 2 is 2.17 bits per heavy atom. The van der Waals surface area contributed by atoms with Gasteiger partial charge in [-0.05, 0) is 25.5 Å². The Bertz CT molecular complexity index is 636. The van der Waals surface area contributed by atoms with Crippen molar-refractivity contribution >= 4 is 11.7 Å². The van der Waals surface area contributed by atoms with Crippen LogP contribution in [0.25, 0.3) is 0 Å². The summed E-state index contributed by atoms with van der Waals surface area (Å²) in [5.41, 5.74) is 0.790. The zero-order valence-corrected chi connectivity index (χ0v) is 13.9. The van der Waals surface area contributed by atoms with E-state index in [1.807, 2.05) is 0 Å². The quantitative estimate of drug-likeness (QED) is 0.881. The maximum atomic E-state index is 12.4. The topological polar surface area (TPSA) is 59.6 Å². The van der Waals surface area contributed by atoms with Crippen LogP contribution in [0.15, 0.2) is 18.2 Å². The smallest absolute Gasteiger partial charge is 0.387 e. The number of hydrogen-bond donors (Lipinski definition) is 2. The highest BCUT2D eigenvalue weighted by Crippen LogP contribution is 2.52. The van der Waals surface area contributed by atoms with E-state index in [9.17, 15) is 13.6 Å². The largest absolute Gasteiger partial charge is 0.434 e. The van der Waals surface area contributed by atoms with Crippen molar-refractivity contribution in [2.75, 3.05) is 11.9 Å². The summed E-state index contributed by atoms with van der Waals surface area (Å²) in [6.45, 7) is 3.61. The van der Waals surface area contributed by atoms with Crippen molar-refractivity contribution < 1.29 is 23.0 Å². The number of hydrogen-bond acceptors (Lipinski definition) is 3. The predicted octanol–water partition coefficient (Wildman–Crippen LogP) is 3.53. The van der Waals surface area contributed by atoms with Gasteiger partial charge in [0, 0.05) is 35.2 Å². The van der Waals surface area contributed by atoms with Gasteiger partial charge in [-0.2, -0.15) is 8.78 Å². The molecule has 2 amide bonds. The molecular weight excluding hydrogens is 318 g/mol. The molecule has 0 radical (unpaired) electrons. The molecule has 1 heterocycles. The number of fused-ring (bicyclic) bond motifs is 1. The van der Waals surface area contributed by atoms with E-state index in [2.05, 4.69) is 29.2 Å². The molecule has 1 aliphatic heterocycles. The van der Waals surface area contributed by atoms with Crippen LogP contribution in [-0.2, 0) is 4.74 Å². The molecule has 132 valence electrons. The fourth-order valence-electron chi connectivity index (χ4n) is 3.89. The zero-order chi connectivity index (χ0) is 17.5. The monoisotopic (exact) mass is 340 g/mol. The first-order chi connectivity index (χ1) is 11.3. The first-order valence-electron chi connectivity index (χ1n) is 8.04. The van der Waals surface area contributed by atoms with Crippen molar-refractivity contribution in [1.29, 1.82) is 0 Å². The molecule has 1 saturated heterocycles. The Labute approximate surface area is 139 Å². The lowest BCUT2D eigenvalue weighted by molar-refractivity contribution is -0.107. The van der Waals surface area contributed by atoms with Crippen LogP contribution in [0.4, 0.5) is 19.3 Å². The minimum atomic E-state index is -2.90. The molecule has 1 aromatic rings. The van der Waals surface area contributed by atoms with E-state index in [4.69, 9.17) is 4.74 Å². The number of benzene rings is 1. The number of nitrogens with one attached hydrogen (secondary N) is 2. The average Bonchev–Trinajstić information content (AvgIpc) is 2.95. The molecule has 5 nitrogen and oxygen atoms in total. The molecule has 2 N–H and O–H groups in total. The molecular formula is C17H22F2N2O3. The summed E-state index contributed by atoms with van der Waals surface area (Å²) < 4.78 is 35.0. The average molecular weight is 340 g/mol. The minimum Gasteiger partial charge on any atom is -0.434 e. The molecule has 1 aromatic carbocycles. The van der Waals surface area contributed by atoms with Gasteiger partial charge in [0.05, 0.1) is 6.10 Å². The lowest BCUT2D eigenvalue weighted by Gasteiger charge is -2.54. The number of ether oxygens (including phenoxy) is 2. The number of anilines is 1. The number of urea groups is 1. The molecule has 7 heteroatoms. The normalized spacial score (nSPS) is 27.3. The number of carbonyl (C=O) groups excluding carboxylic acids is 1. The second-order valence-corrected chi connectivity index (χ2v) is 6.95. The molecule has 3 unspecified atom stereocenters. The summed E-state index contributed by atoms with van der Waals surface area (Å²) in [5, 5.41) is 5.72. The third-order valence-corrected chi connectivity index (χ3v) is 5.14. The van der Waals surface area contributed by atoms with E-state index in [1.54, 1.807) is 19.1 Å². The number of carbonyl (C=O) groups is 1. The Kier molecular flexibility index (Phi) is 4.38. The fraction of sp³-hybridized carbons (Fsp3) is 0.588. The standard InChI is InChI=1S/C17H22F2N2O3/c1-9-11(5-4-6-12(9)24-15(18)19)20-16(22)21-13-10-7-8-23-14(10)17(13,2)3/h4-6,10,13-15H,7-8H2,1-3H3,(H2,20,21,22).